The molecule has 0 saturated carbocycles. The summed E-state index contributed by atoms with van der Waals surface area (Å²) in [6.45, 7) is 0.337. The molecular weight excluding hydrogens is 440 g/mol. The molecule has 3 N–H and O–H groups in total. The van der Waals surface area contributed by atoms with Gasteiger partial charge in [-0.1, -0.05) is 53.7 Å². The van der Waals surface area contributed by atoms with Crippen molar-refractivity contribution < 1.29 is 23.7 Å². The number of benzene rings is 2. The number of hydrogen-bond donors (Lipinski definition) is 2. The Bertz CT molecular complexity index is 918. The first-order valence-electron chi connectivity index (χ1n) is 9.96. The van der Waals surface area contributed by atoms with E-state index in [2.05, 4.69) is 5.32 Å². The van der Waals surface area contributed by atoms with E-state index in [1.165, 1.54) is 11.8 Å². The number of rotatable bonds is 5. The van der Waals surface area contributed by atoms with Gasteiger partial charge in [-0.05, 0) is 18.2 Å². The predicted octanol–water partition coefficient (Wildman–Crippen LogP) is 2.97. The highest BCUT2D eigenvalue weighted by Gasteiger charge is 2.49. The van der Waals surface area contributed by atoms with E-state index in [0.717, 1.165) is 5.56 Å². The second-order valence-electron chi connectivity index (χ2n) is 7.33. The largest absolute Gasteiger partial charge is 0.376 e. The van der Waals surface area contributed by atoms with Gasteiger partial charge in [0.05, 0.1) is 18.2 Å². The number of fused-ring (bicyclic) bond motifs is 1. The number of ether oxygens (including phenoxy) is 4. The summed E-state index contributed by atoms with van der Waals surface area (Å²) < 4.78 is 24.1. The fraction of sp³-hybridized carbons (Fsp3) is 0.409. The van der Waals surface area contributed by atoms with Crippen LogP contribution in [0.25, 0.3) is 0 Å². The Hall–Kier alpha value is -1.65. The summed E-state index contributed by atoms with van der Waals surface area (Å²) in [5.74, 6) is -0.207. The van der Waals surface area contributed by atoms with Crippen LogP contribution in [0.4, 0.5) is 0 Å². The Labute approximate surface area is 190 Å². The number of nitrogens with two attached hydrogens (primary N) is 1. The maximum atomic E-state index is 12.3. The highest BCUT2D eigenvalue weighted by Crippen LogP contribution is 2.40. The highest BCUT2D eigenvalue weighted by atomic mass is 35.5. The van der Waals surface area contributed by atoms with Crippen molar-refractivity contribution in [3.8, 4) is 0 Å². The van der Waals surface area contributed by atoms with Gasteiger partial charge in [0.2, 0.25) is 0 Å². The number of halogens is 1. The van der Waals surface area contributed by atoms with Crippen molar-refractivity contribution in [2.45, 2.75) is 41.0 Å². The summed E-state index contributed by atoms with van der Waals surface area (Å²) in [6, 6.07) is 14.4. The van der Waals surface area contributed by atoms with Gasteiger partial charge in [0.15, 0.2) is 6.29 Å². The van der Waals surface area contributed by atoms with Crippen LogP contribution in [0.5, 0.6) is 0 Å². The van der Waals surface area contributed by atoms with E-state index in [4.69, 9.17) is 36.3 Å². The Kier molecular flexibility index (Phi) is 7.18. The molecule has 2 heterocycles. The number of hydrogen-bond acceptors (Lipinski definition) is 7. The Morgan fingerprint density at radius 3 is 2.71 bits per heavy atom. The molecule has 2 saturated heterocycles. The molecule has 0 aromatic heterocycles. The van der Waals surface area contributed by atoms with Gasteiger partial charge in [-0.25, -0.2) is 0 Å². The third-order valence-corrected chi connectivity index (χ3v) is 6.84. The van der Waals surface area contributed by atoms with Gasteiger partial charge in [-0.3, -0.25) is 4.79 Å². The van der Waals surface area contributed by atoms with Crippen LogP contribution < -0.4 is 11.1 Å². The fourth-order valence-corrected chi connectivity index (χ4v) is 5.40. The van der Waals surface area contributed by atoms with Crippen molar-refractivity contribution in [2.75, 3.05) is 20.8 Å². The Morgan fingerprint density at radius 1 is 1.23 bits per heavy atom. The third kappa shape index (κ3) is 4.75. The molecule has 0 spiro atoms. The molecule has 31 heavy (non-hydrogen) atoms. The van der Waals surface area contributed by atoms with Gasteiger partial charge < -0.3 is 30.0 Å². The average Bonchev–Trinajstić information content (AvgIpc) is 2.79. The van der Waals surface area contributed by atoms with Crippen molar-refractivity contribution in [1.29, 1.82) is 0 Å². The molecule has 0 aliphatic carbocycles. The summed E-state index contributed by atoms with van der Waals surface area (Å²) in [5, 5.41) is 3.17. The normalized spacial score (nSPS) is 30.5. The summed E-state index contributed by atoms with van der Waals surface area (Å²) in [5.41, 5.74) is 7.54. The monoisotopic (exact) mass is 464 g/mol. The number of methoxy groups -OCH3 is 1. The maximum Gasteiger partial charge on any atom is 0.252 e. The second-order valence-corrected chi connectivity index (χ2v) is 8.91. The molecule has 7 nitrogen and oxygen atoms in total. The molecule has 2 aromatic carbocycles. The van der Waals surface area contributed by atoms with Crippen LogP contribution in [0, 0.1) is 0 Å². The summed E-state index contributed by atoms with van der Waals surface area (Å²) in [6.07, 6.45) is -1.72. The fourth-order valence-electron chi connectivity index (χ4n) is 3.81. The van der Waals surface area contributed by atoms with Crippen LogP contribution in [0.1, 0.15) is 22.2 Å². The zero-order valence-corrected chi connectivity index (χ0v) is 18.8. The average molecular weight is 465 g/mol. The molecule has 4 rings (SSSR count). The van der Waals surface area contributed by atoms with E-state index >= 15 is 0 Å². The highest BCUT2D eigenvalue weighted by molar-refractivity contribution is 8.00. The van der Waals surface area contributed by atoms with Gasteiger partial charge in [0.1, 0.15) is 23.7 Å². The smallest absolute Gasteiger partial charge is 0.252 e. The minimum absolute atomic E-state index is 0.207. The zero-order chi connectivity index (χ0) is 22.0. The van der Waals surface area contributed by atoms with Crippen LogP contribution in [-0.2, 0) is 18.9 Å². The van der Waals surface area contributed by atoms with Crippen LogP contribution in [0.3, 0.4) is 0 Å². The third-order valence-electron chi connectivity index (χ3n) is 5.40. The summed E-state index contributed by atoms with van der Waals surface area (Å²) >= 11 is 7.54. The number of carbonyl (C=O) groups excluding carboxylic acids is 1. The topological polar surface area (TPSA) is 92.0 Å². The van der Waals surface area contributed by atoms with Crippen molar-refractivity contribution in [2.24, 2.45) is 5.73 Å². The van der Waals surface area contributed by atoms with Crippen molar-refractivity contribution in [3.63, 3.8) is 0 Å². The lowest BCUT2D eigenvalue weighted by molar-refractivity contribution is -0.298. The molecule has 0 bridgehead atoms. The van der Waals surface area contributed by atoms with E-state index in [0.29, 0.717) is 22.1 Å². The number of carbonyl (C=O) groups is 1. The first kappa shape index (κ1) is 22.5. The standard InChI is InChI=1S/C22H25ClN2O5S/c1-25-20(26)14-9-8-13(23)10-16(14)31-22-19(27-2)17(24)18-15(29-22)11-28-21(30-18)12-6-4-3-5-7-12/h3-10,15,17-19,21-22H,11,24H2,1-2H3,(H,25,26). The Morgan fingerprint density at radius 2 is 2.00 bits per heavy atom. The summed E-state index contributed by atoms with van der Waals surface area (Å²) in [7, 11) is 3.17. The predicted molar refractivity (Wildman–Crippen MR) is 118 cm³/mol. The van der Waals surface area contributed by atoms with E-state index in [1.54, 1.807) is 32.4 Å². The quantitative estimate of drug-likeness (QED) is 0.702. The SMILES string of the molecule is CNC(=O)c1ccc(Cl)cc1SC1OC2COC(c3ccccc3)OC2C(N)C1OC. The van der Waals surface area contributed by atoms with Gasteiger partial charge in [0, 0.05) is 29.6 Å². The van der Waals surface area contributed by atoms with Crippen LogP contribution in [0.15, 0.2) is 53.4 Å². The van der Waals surface area contributed by atoms with Gasteiger partial charge in [-0.2, -0.15) is 0 Å². The molecule has 6 atom stereocenters. The van der Waals surface area contributed by atoms with Crippen molar-refractivity contribution >= 4 is 29.3 Å². The molecule has 2 aliphatic rings. The number of nitrogens with one attached hydrogen (secondary N) is 1. The molecule has 166 valence electrons. The van der Waals surface area contributed by atoms with Crippen LogP contribution in [-0.4, -0.2) is 56.5 Å². The molecule has 2 fully saturated rings. The van der Waals surface area contributed by atoms with Crippen LogP contribution in [0.2, 0.25) is 5.02 Å². The Balaban J connectivity index is 1.54. The van der Waals surface area contributed by atoms with E-state index in [1.807, 2.05) is 30.3 Å². The van der Waals surface area contributed by atoms with E-state index < -0.39 is 30.0 Å². The van der Waals surface area contributed by atoms with Gasteiger partial charge in [0.25, 0.3) is 5.91 Å². The second kappa shape index (κ2) is 9.87. The van der Waals surface area contributed by atoms with Gasteiger partial charge >= 0.3 is 0 Å². The van der Waals surface area contributed by atoms with Crippen LogP contribution >= 0.6 is 23.4 Å². The lowest BCUT2D eigenvalue weighted by Crippen LogP contribution is -2.64. The lowest BCUT2D eigenvalue weighted by atomic mass is 9.97. The minimum Gasteiger partial charge on any atom is -0.376 e. The van der Waals surface area contributed by atoms with E-state index in [-0.39, 0.29) is 12.0 Å². The first-order chi connectivity index (χ1) is 15.0. The molecular formula is C22H25ClN2O5S. The minimum atomic E-state index is -0.508. The zero-order valence-electron chi connectivity index (χ0n) is 17.2. The maximum absolute atomic E-state index is 12.3. The van der Waals surface area contributed by atoms with Gasteiger partial charge in [-0.15, -0.1) is 0 Å². The molecule has 2 aromatic rings. The molecule has 2 aliphatic heterocycles. The molecule has 1 amide bonds. The van der Waals surface area contributed by atoms with Crippen molar-refractivity contribution in [1.82, 2.24) is 5.32 Å². The lowest BCUT2D eigenvalue weighted by Gasteiger charge is -2.48. The number of amides is 1. The van der Waals surface area contributed by atoms with E-state index in [9.17, 15) is 4.79 Å². The number of thioether (sulfide) groups is 1. The molecule has 6 unspecified atom stereocenters. The molecule has 9 heteroatoms. The first-order valence-corrected chi connectivity index (χ1v) is 11.2. The molecule has 0 radical (unpaired) electrons. The van der Waals surface area contributed by atoms with Crippen molar-refractivity contribution in [3.05, 3.63) is 64.7 Å². The summed E-state index contributed by atoms with van der Waals surface area (Å²) in [4.78, 5) is 13.0.